The maximum Gasteiger partial charge on any atom is 0.271 e. The van der Waals surface area contributed by atoms with Gasteiger partial charge in [0.15, 0.2) is 0 Å². The van der Waals surface area contributed by atoms with Crippen molar-refractivity contribution in [2.45, 2.75) is 31.7 Å². The Labute approximate surface area is 194 Å². The third kappa shape index (κ3) is 5.82. The quantitative estimate of drug-likeness (QED) is 0.569. The van der Waals surface area contributed by atoms with E-state index in [9.17, 15) is 9.59 Å². The van der Waals surface area contributed by atoms with Crippen molar-refractivity contribution in [1.82, 2.24) is 20.2 Å². The highest BCUT2D eigenvalue weighted by Crippen LogP contribution is 2.34. The van der Waals surface area contributed by atoms with Crippen LogP contribution >= 0.6 is 0 Å². The van der Waals surface area contributed by atoms with E-state index >= 15 is 0 Å². The van der Waals surface area contributed by atoms with Crippen LogP contribution in [0.2, 0.25) is 0 Å². The fourth-order valence-electron chi connectivity index (χ4n) is 4.36. The van der Waals surface area contributed by atoms with E-state index < -0.39 is 0 Å². The number of likely N-dealkylation sites (N-methyl/N-ethyl adjacent to an activating group) is 1. The molecule has 1 amide bonds. The van der Waals surface area contributed by atoms with Crippen LogP contribution < -0.4 is 20.5 Å². The highest BCUT2D eigenvalue weighted by Gasteiger charge is 2.32. The van der Waals surface area contributed by atoms with Gasteiger partial charge in [-0.1, -0.05) is 6.08 Å². The van der Waals surface area contributed by atoms with Crippen LogP contribution in [0.5, 0.6) is 5.88 Å². The lowest BCUT2D eigenvalue weighted by Gasteiger charge is -2.39. The van der Waals surface area contributed by atoms with Crippen LogP contribution in [0.1, 0.15) is 25.7 Å². The zero-order valence-electron chi connectivity index (χ0n) is 19.4. The number of hydrogen-bond acceptors (Lipinski definition) is 6. The Kier molecular flexibility index (Phi) is 7.44. The second-order valence-electron chi connectivity index (χ2n) is 8.80. The molecule has 2 aromatic rings. The van der Waals surface area contributed by atoms with E-state index in [-0.39, 0.29) is 17.5 Å². The number of carbonyl (C=O) groups excluding carboxylic acids is 1. The number of amides is 1. The number of pyridine rings is 2. The second kappa shape index (κ2) is 10.7. The highest BCUT2D eigenvalue weighted by atomic mass is 16.5. The van der Waals surface area contributed by atoms with Gasteiger partial charge in [0.05, 0.1) is 7.11 Å². The van der Waals surface area contributed by atoms with Crippen molar-refractivity contribution in [2.75, 3.05) is 45.2 Å². The summed E-state index contributed by atoms with van der Waals surface area (Å²) in [4.78, 5) is 36.7. The number of aromatic nitrogens is 2. The SMILES string of the molecule is CNCC=CC(=O)N1CCC(N(CC2CC2)c2cc(-c3ccnc(OC)c3)c[nH]c2=O)CC1. The maximum absolute atomic E-state index is 12.9. The van der Waals surface area contributed by atoms with Gasteiger partial charge in [0.1, 0.15) is 5.69 Å². The van der Waals surface area contributed by atoms with Crippen LogP contribution in [0.3, 0.4) is 0 Å². The van der Waals surface area contributed by atoms with Crippen molar-refractivity contribution >= 4 is 11.6 Å². The summed E-state index contributed by atoms with van der Waals surface area (Å²) in [6, 6.07) is 6.00. The van der Waals surface area contributed by atoms with Gasteiger partial charge in [0.25, 0.3) is 5.56 Å². The number of hydrogen-bond donors (Lipinski definition) is 2. The third-order valence-corrected chi connectivity index (χ3v) is 6.42. The minimum atomic E-state index is -0.0751. The van der Waals surface area contributed by atoms with Gasteiger partial charge in [-0.3, -0.25) is 9.59 Å². The van der Waals surface area contributed by atoms with E-state index in [0.717, 1.165) is 30.5 Å². The summed E-state index contributed by atoms with van der Waals surface area (Å²) in [5, 5.41) is 3.01. The van der Waals surface area contributed by atoms with Crippen LogP contribution in [0.15, 0.2) is 47.5 Å². The van der Waals surface area contributed by atoms with Gasteiger partial charge in [-0.15, -0.1) is 0 Å². The minimum Gasteiger partial charge on any atom is -0.481 e. The van der Waals surface area contributed by atoms with Crippen molar-refractivity contribution in [3.8, 4) is 17.0 Å². The van der Waals surface area contributed by atoms with Crippen LogP contribution in [-0.2, 0) is 4.79 Å². The van der Waals surface area contributed by atoms with Gasteiger partial charge in [-0.25, -0.2) is 4.98 Å². The normalized spacial score (nSPS) is 16.8. The van der Waals surface area contributed by atoms with Crippen LogP contribution in [0, 0.1) is 5.92 Å². The number of carbonyl (C=O) groups is 1. The number of likely N-dealkylation sites (tertiary alicyclic amines) is 1. The molecule has 8 nitrogen and oxygen atoms in total. The molecule has 1 aliphatic carbocycles. The number of H-pyrrole nitrogens is 1. The molecule has 8 heteroatoms. The highest BCUT2D eigenvalue weighted by molar-refractivity contribution is 5.87. The molecule has 0 atom stereocenters. The number of nitrogens with zero attached hydrogens (tertiary/aromatic N) is 3. The van der Waals surface area contributed by atoms with E-state index in [1.807, 2.05) is 36.2 Å². The van der Waals surface area contributed by atoms with Gasteiger partial charge >= 0.3 is 0 Å². The van der Waals surface area contributed by atoms with Crippen molar-refractivity contribution in [1.29, 1.82) is 0 Å². The first-order chi connectivity index (χ1) is 16.1. The maximum atomic E-state index is 12.9. The zero-order valence-corrected chi connectivity index (χ0v) is 19.4. The smallest absolute Gasteiger partial charge is 0.271 e. The molecule has 0 spiro atoms. The molecule has 2 aliphatic rings. The van der Waals surface area contributed by atoms with Gasteiger partial charge < -0.3 is 24.8 Å². The van der Waals surface area contributed by atoms with Gasteiger partial charge in [0, 0.05) is 62.3 Å². The number of ether oxygens (including phenoxy) is 1. The molecular weight excluding hydrogens is 418 g/mol. The molecule has 1 aliphatic heterocycles. The molecule has 1 saturated carbocycles. The number of methoxy groups -OCH3 is 1. The Hall–Kier alpha value is -3.13. The topological polar surface area (TPSA) is 90.6 Å². The van der Waals surface area contributed by atoms with E-state index in [1.165, 1.54) is 12.8 Å². The Morgan fingerprint density at radius 1 is 1.27 bits per heavy atom. The summed E-state index contributed by atoms with van der Waals surface area (Å²) >= 11 is 0. The van der Waals surface area contributed by atoms with E-state index in [0.29, 0.717) is 37.1 Å². The molecule has 0 aromatic carbocycles. The summed E-state index contributed by atoms with van der Waals surface area (Å²) in [7, 11) is 3.45. The molecule has 1 saturated heterocycles. The summed E-state index contributed by atoms with van der Waals surface area (Å²) in [5.41, 5.74) is 2.50. The van der Waals surface area contributed by atoms with Crippen molar-refractivity contribution in [2.24, 2.45) is 5.92 Å². The number of rotatable bonds is 9. The lowest BCUT2D eigenvalue weighted by molar-refractivity contribution is -0.127. The number of piperidine rings is 1. The molecule has 0 radical (unpaired) electrons. The third-order valence-electron chi connectivity index (χ3n) is 6.42. The van der Waals surface area contributed by atoms with Gasteiger partial charge in [-0.05, 0) is 56.3 Å². The van der Waals surface area contributed by atoms with E-state index in [4.69, 9.17) is 4.74 Å². The predicted octanol–water partition coefficient (Wildman–Crippen LogP) is 2.43. The molecule has 3 heterocycles. The lowest BCUT2D eigenvalue weighted by atomic mass is 10.0. The van der Waals surface area contributed by atoms with Crippen molar-refractivity contribution in [3.05, 3.63) is 53.1 Å². The summed E-state index contributed by atoms with van der Waals surface area (Å²) in [5.74, 6) is 1.23. The largest absolute Gasteiger partial charge is 0.481 e. The summed E-state index contributed by atoms with van der Waals surface area (Å²) in [6.45, 7) is 2.97. The van der Waals surface area contributed by atoms with Crippen LogP contribution in [0.4, 0.5) is 5.69 Å². The van der Waals surface area contributed by atoms with Crippen LogP contribution in [-0.4, -0.2) is 67.2 Å². The molecule has 33 heavy (non-hydrogen) atoms. The molecular formula is C25H33N5O3. The average molecular weight is 452 g/mol. The number of anilines is 1. The molecule has 2 fully saturated rings. The second-order valence-corrected chi connectivity index (χ2v) is 8.80. The number of aromatic amines is 1. The molecule has 0 unspecified atom stereocenters. The van der Waals surface area contributed by atoms with Gasteiger partial charge in [-0.2, -0.15) is 0 Å². The lowest BCUT2D eigenvalue weighted by Crippen LogP contribution is -2.48. The Morgan fingerprint density at radius 3 is 2.76 bits per heavy atom. The molecule has 0 bridgehead atoms. The monoisotopic (exact) mass is 451 g/mol. The predicted molar refractivity (Wildman–Crippen MR) is 130 cm³/mol. The van der Waals surface area contributed by atoms with Crippen molar-refractivity contribution < 1.29 is 9.53 Å². The molecule has 2 N–H and O–H groups in total. The summed E-state index contributed by atoms with van der Waals surface area (Å²) < 4.78 is 5.26. The van der Waals surface area contributed by atoms with Crippen molar-refractivity contribution in [3.63, 3.8) is 0 Å². The molecule has 2 aromatic heterocycles. The first kappa shape index (κ1) is 23.0. The average Bonchev–Trinajstić information content (AvgIpc) is 3.67. The van der Waals surface area contributed by atoms with E-state index in [2.05, 4.69) is 20.2 Å². The Morgan fingerprint density at radius 2 is 2.06 bits per heavy atom. The Bertz CT molecular complexity index is 1040. The zero-order chi connectivity index (χ0) is 23.2. The first-order valence-electron chi connectivity index (χ1n) is 11.7. The number of nitrogens with one attached hydrogen (secondary N) is 2. The molecule has 4 rings (SSSR count). The van der Waals surface area contributed by atoms with Gasteiger partial charge in [0.2, 0.25) is 11.8 Å². The summed E-state index contributed by atoms with van der Waals surface area (Å²) in [6.07, 6.45) is 11.1. The first-order valence-corrected chi connectivity index (χ1v) is 11.7. The standard InChI is InChI=1S/C25H33N5O3/c1-26-10-3-4-24(31)29-12-8-21(9-13-29)30(17-18-5-6-18)22-14-20(16-28-25(22)32)19-7-11-27-23(15-19)33-2/h3-4,7,11,14-16,18,21,26H,5-6,8-10,12-13,17H2,1-2H3,(H,28,32). The minimum absolute atomic E-state index is 0.0592. The fraction of sp³-hybridized carbons (Fsp3) is 0.480. The molecule has 176 valence electrons. The fourth-order valence-corrected chi connectivity index (χ4v) is 4.36. The van der Waals surface area contributed by atoms with Crippen LogP contribution in [0.25, 0.3) is 11.1 Å². The Balaban J connectivity index is 1.53. The van der Waals surface area contributed by atoms with E-state index in [1.54, 1.807) is 25.6 Å².